The van der Waals surface area contributed by atoms with Crippen molar-refractivity contribution >= 4 is 23.8 Å². The van der Waals surface area contributed by atoms with Gasteiger partial charge >= 0.3 is 6.03 Å². The molecule has 1 aromatic carbocycles. The van der Waals surface area contributed by atoms with Crippen LogP contribution >= 0.6 is 0 Å². The molecule has 3 fully saturated rings. The van der Waals surface area contributed by atoms with Crippen molar-refractivity contribution in [3.05, 3.63) is 29.8 Å². The van der Waals surface area contributed by atoms with Gasteiger partial charge in [-0.2, -0.15) is 5.01 Å². The van der Waals surface area contributed by atoms with E-state index in [0.29, 0.717) is 37.2 Å². The second kappa shape index (κ2) is 10.6. The van der Waals surface area contributed by atoms with Crippen LogP contribution in [0.25, 0.3) is 0 Å². The van der Waals surface area contributed by atoms with Crippen molar-refractivity contribution in [3.63, 3.8) is 0 Å². The molecule has 10 heteroatoms. The molecule has 3 aliphatic heterocycles. The van der Waals surface area contributed by atoms with Crippen molar-refractivity contribution in [1.29, 1.82) is 0 Å². The van der Waals surface area contributed by atoms with Gasteiger partial charge in [-0.05, 0) is 63.4 Å². The molecule has 0 aliphatic carbocycles. The summed E-state index contributed by atoms with van der Waals surface area (Å²) in [5.74, 6) is -0.111. The van der Waals surface area contributed by atoms with Crippen molar-refractivity contribution in [2.24, 2.45) is 5.92 Å². The van der Waals surface area contributed by atoms with Crippen LogP contribution in [0.2, 0.25) is 0 Å². The monoisotopic (exact) mass is 485 g/mol. The molecule has 0 spiro atoms. The zero-order chi connectivity index (χ0) is 25.0. The minimum absolute atomic E-state index is 0.00329. The lowest BCUT2D eigenvalue weighted by Crippen LogP contribution is -2.52. The summed E-state index contributed by atoms with van der Waals surface area (Å²) in [6.45, 7) is 4.61. The summed E-state index contributed by atoms with van der Waals surface area (Å²) in [6, 6.07) is 6.16. The predicted octanol–water partition coefficient (Wildman–Crippen LogP) is 1.61. The number of hydrogen-bond donors (Lipinski definition) is 2. The van der Waals surface area contributed by atoms with Gasteiger partial charge < -0.3 is 15.0 Å². The van der Waals surface area contributed by atoms with Gasteiger partial charge in [-0.15, -0.1) is 0 Å². The summed E-state index contributed by atoms with van der Waals surface area (Å²) >= 11 is 0. The lowest BCUT2D eigenvalue weighted by atomic mass is 9.92. The van der Waals surface area contributed by atoms with Crippen molar-refractivity contribution in [2.75, 3.05) is 39.8 Å². The molecule has 0 bridgehead atoms. The van der Waals surface area contributed by atoms with E-state index in [1.165, 1.54) is 12.8 Å². The van der Waals surface area contributed by atoms with E-state index < -0.39 is 23.4 Å². The lowest BCUT2D eigenvalue weighted by Gasteiger charge is -2.33. The Balaban J connectivity index is 1.28. The van der Waals surface area contributed by atoms with Crippen molar-refractivity contribution in [1.82, 2.24) is 25.6 Å². The van der Waals surface area contributed by atoms with Gasteiger partial charge in [0.2, 0.25) is 5.91 Å². The number of nitrogens with one attached hydrogen (secondary N) is 2. The average Bonchev–Trinajstić information content (AvgIpc) is 3.05. The SMILES string of the molecule is COc1ccc(C2(C)NC(=O)N(NC(=O)CN3CCC(C(=O)N4CCCCCC4)CC3)C2=O)cc1. The quantitative estimate of drug-likeness (QED) is 0.593. The van der Waals surface area contributed by atoms with Gasteiger partial charge in [-0.3, -0.25) is 24.7 Å². The van der Waals surface area contributed by atoms with E-state index in [-0.39, 0.29) is 18.4 Å². The number of nitrogens with zero attached hydrogens (tertiary/aromatic N) is 3. The molecule has 0 radical (unpaired) electrons. The van der Waals surface area contributed by atoms with Gasteiger partial charge in [-0.25, -0.2) is 4.79 Å². The van der Waals surface area contributed by atoms with Crippen LogP contribution in [0.4, 0.5) is 4.79 Å². The van der Waals surface area contributed by atoms with Crippen LogP contribution in [0.15, 0.2) is 24.3 Å². The molecule has 3 aliphatic rings. The van der Waals surface area contributed by atoms with E-state index in [4.69, 9.17) is 4.74 Å². The average molecular weight is 486 g/mol. The molecule has 190 valence electrons. The van der Waals surface area contributed by atoms with Gasteiger partial charge in [0.1, 0.15) is 11.3 Å². The third-order valence-electron chi connectivity index (χ3n) is 7.32. The molecule has 3 saturated heterocycles. The first kappa shape index (κ1) is 25.0. The number of carbonyl (C=O) groups excluding carboxylic acids is 4. The highest BCUT2D eigenvalue weighted by Crippen LogP contribution is 2.29. The number of likely N-dealkylation sites (tertiary alicyclic amines) is 2. The number of benzene rings is 1. The smallest absolute Gasteiger partial charge is 0.344 e. The fourth-order valence-electron chi connectivity index (χ4n) is 5.11. The largest absolute Gasteiger partial charge is 0.497 e. The summed E-state index contributed by atoms with van der Waals surface area (Å²) in [5, 5.41) is 3.43. The van der Waals surface area contributed by atoms with Crippen molar-refractivity contribution in [3.8, 4) is 5.75 Å². The Morgan fingerprint density at radius 2 is 1.66 bits per heavy atom. The summed E-state index contributed by atoms with van der Waals surface area (Å²) in [7, 11) is 1.55. The fraction of sp³-hybridized carbons (Fsp3) is 0.600. The lowest BCUT2D eigenvalue weighted by molar-refractivity contribution is -0.140. The Kier molecular flexibility index (Phi) is 7.59. The van der Waals surface area contributed by atoms with E-state index in [2.05, 4.69) is 10.7 Å². The van der Waals surface area contributed by atoms with Gasteiger partial charge in [0.05, 0.1) is 13.7 Å². The maximum atomic E-state index is 13.1. The highest BCUT2D eigenvalue weighted by atomic mass is 16.5. The molecule has 1 aromatic rings. The third-order valence-corrected chi connectivity index (χ3v) is 7.32. The Morgan fingerprint density at radius 3 is 2.26 bits per heavy atom. The maximum absolute atomic E-state index is 13.1. The molecular formula is C25H35N5O5. The fourth-order valence-corrected chi connectivity index (χ4v) is 5.11. The van der Waals surface area contributed by atoms with E-state index in [1.807, 2.05) is 9.80 Å². The minimum atomic E-state index is -1.29. The topological polar surface area (TPSA) is 111 Å². The van der Waals surface area contributed by atoms with Crippen LogP contribution in [0.5, 0.6) is 5.75 Å². The first-order valence-corrected chi connectivity index (χ1v) is 12.4. The Morgan fingerprint density at radius 1 is 1.03 bits per heavy atom. The molecule has 1 unspecified atom stereocenters. The number of urea groups is 1. The Bertz CT molecular complexity index is 951. The van der Waals surface area contributed by atoms with Gasteiger partial charge in [0.25, 0.3) is 11.8 Å². The van der Waals surface area contributed by atoms with Gasteiger partial charge in [0.15, 0.2) is 0 Å². The number of carbonyl (C=O) groups is 4. The number of amides is 5. The molecule has 4 rings (SSSR count). The second-order valence-corrected chi connectivity index (χ2v) is 9.75. The van der Waals surface area contributed by atoms with Crippen LogP contribution < -0.4 is 15.5 Å². The molecule has 1 atom stereocenters. The second-order valence-electron chi connectivity index (χ2n) is 9.75. The third kappa shape index (κ3) is 5.42. The number of ether oxygens (including phenoxy) is 1. The Hall–Kier alpha value is -3.14. The van der Waals surface area contributed by atoms with E-state index >= 15 is 0 Å². The zero-order valence-electron chi connectivity index (χ0n) is 20.5. The summed E-state index contributed by atoms with van der Waals surface area (Å²) in [5.41, 5.74) is 1.76. The normalized spacial score (nSPS) is 24.2. The minimum Gasteiger partial charge on any atom is -0.497 e. The van der Waals surface area contributed by atoms with Crippen LogP contribution in [0.3, 0.4) is 0 Å². The molecule has 5 amide bonds. The number of rotatable bonds is 6. The van der Waals surface area contributed by atoms with Gasteiger partial charge in [-0.1, -0.05) is 25.0 Å². The Labute approximate surface area is 205 Å². The number of imide groups is 1. The number of piperidine rings is 1. The van der Waals surface area contributed by atoms with E-state index in [0.717, 1.165) is 30.9 Å². The van der Waals surface area contributed by atoms with Crippen LogP contribution in [0, 0.1) is 5.92 Å². The van der Waals surface area contributed by atoms with E-state index in [1.54, 1.807) is 38.3 Å². The first-order chi connectivity index (χ1) is 16.8. The highest BCUT2D eigenvalue weighted by molar-refractivity contribution is 6.08. The van der Waals surface area contributed by atoms with E-state index in [9.17, 15) is 19.2 Å². The molecule has 0 aromatic heterocycles. The van der Waals surface area contributed by atoms with Crippen LogP contribution in [0.1, 0.15) is 51.0 Å². The first-order valence-electron chi connectivity index (χ1n) is 12.4. The van der Waals surface area contributed by atoms with Crippen LogP contribution in [-0.4, -0.2) is 78.4 Å². The zero-order valence-corrected chi connectivity index (χ0v) is 20.5. The molecule has 3 heterocycles. The predicted molar refractivity (Wildman–Crippen MR) is 128 cm³/mol. The summed E-state index contributed by atoms with van der Waals surface area (Å²) in [6.07, 6.45) is 5.95. The molecular weight excluding hydrogens is 450 g/mol. The number of hydrazine groups is 1. The van der Waals surface area contributed by atoms with Crippen LogP contribution in [-0.2, 0) is 19.9 Å². The molecule has 0 saturated carbocycles. The van der Waals surface area contributed by atoms with Crippen molar-refractivity contribution in [2.45, 2.75) is 51.0 Å². The standard InChI is InChI=1S/C25H35N5O5/c1-25(19-7-9-20(35-2)10-8-19)23(33)30(24(34)26-25)27-21(31)17-28-15-11-18(12-16-28)22(32)29-13-5-3-4-6-14-29/h7-10,18H,3-6,11-17H2,1-2H3,(H,26,34)(H,27,31). The summed E-state index contributed by atoms with van der Waals surface area (Å²) < 4.78 is 5.15. The van der Waals surface area contributed by atoms with Gasteiger partial charge in [0, 0.05) is 19.0 Å². The molecule has 10 nitrogen and oxygen atoms in total. The molecule has 35 heavy (non-hydrogen) atoms. The number of hydrogen-bond acceptors (Lipinski definition) is 6. The van der Waals surface area contributed by atoms with Crippen molar-refractivity contribution < 1.29 is 23.9 Å². The maximum Gasteiger partial charge on any atom is 0.344 e. The molecule has 2 N–H and O–H groups in total. The highest BCUT2D eigenvalue weighted by Gasteiger charge is 2.50. The number of methoxy groups -OCH3 is 1. The summed E-state index contributed by atoms with van der Waals surface area (Å²) in [4.78, 5) is 55.1.